The number of fused-ring (bicyclic) bond motifs is 1. The minimum atomic E-state index is -0.152. The number of hydrogen-bond acceptors (Lipinski definition) is 5. The van der Waals surface area contributed by atoms with Gasteiger partial charge in [-0.1, -0.05) is 6.07 Å². The second-order valence-corrected chi connectivity index (χ2v) is 7.04. The van der Waals surface area contributed by atoms with Gasteiger partial charge in [0.1, 0.15) is 6.33 Å². The third kappa shape index (κ3) is 3.48. The number of amides is 2. The van der Waals surface area contributed by atoms with Gasteiger partial charge >= 0.3 is 6.03 Å². The molecule has 1 saturated heterocycles. The Balaban J connectivity index is 1.39. The summed E-state index contributed by atoms with van der Waals surface area (Å²) in [5, 5.41) is 20.7. The minimum Gasteiger partial charge on any atom is -0.335 e. The maximum absolute atomic E-state index is 12.4. The lowest BCUT2D eigenvalue weighted by molar-refractivity contribution is 0.224. The molecule has 2 aromatic rings. The van der Waals surface area contributed by atoms with Crippen molar-refractivity contribution in [2.45, 2.75) is 32.2 Å². The number of urea groups is 1. The first-order chi connectivity index (χ1) is 12.2. The molecule has 25 heavy (non-hydrogen) atoms. The molecule has 8 nitrogen and oxygen atoms in total. The van der Waals surface area contributed by atoms with Crippen molar-refractivity contribution < 1.29 is 4.79 Å². The first kappa shape index (κ1) is 16.0. The van der Waals surface area contributed by atoms with E-state index in [1.165, 1.54) is 6.42 Å². The Morgan fingerprint density at radius 2 is 2.16 bits per heavy atom. The number of anilines is 1. The second-order valence-electron chi connectivity index (χ2n) is 7.04. The number of nitrogens with one attached hydrogen (secondary N) is 3. The van der Waals surface area contributed by atoms with Crippen LogP contribution in [0.1, 0.15) is 24.8 Å². The molecular formula is C17H23N7O. The van der Waals surface area contributed by atoms with Crippen molar-refractivity contribution >= 4 is 11.7 Å². The lowest BCUT2D eigenvalue weighted by atomic mass is 9.79. The summed E-state index contributed by atoms with van der Waals surface area (Å²) >= 11 is 0. The minimum absolute atomic E-state index is 0.152. The van der Waals surface area contributed by atoms with Crippen LogP contribution in [0.25, 0.3) is 5.69 Å². The molecule has 2 fully saturated rings. The van der Waals surface area contributed by atoms with Gasteiger partial charge in [0.25, 0.3) is 0 Å². The molecule has 3 N–H and O–H groups in total. The van der Waals surface area contributed by atoms with Gasteiger partial charge in [-0.05, 0) is 79.2 Å². The highest BCUT2D eigenvalue weighted by atomic mass is 16.2. The van der Waals surface area contributed by atoms with Crippen LogP contribution in [0.4, 0.5) is 10.5 Å². The Morgan fingerprint density at radius 1 is 1.28 bits per heavy atom. The molecule has 0 bridgehead atoms. The van der Waals surface area contributed by atoms with Gasteiger partial charge in [0, 0.05) is 11.7 Å². The van der Waals surface area contributed by atoms with E-state index in [2.05, 4.69) is 31.5 Å². The van der Waals surface area contributed by atoms with E-state index in [9.17, 15) is 4.79 Å². The predicted molar refractivity (Wildman–Crippen MR) is 93.5 cm³/mol. The van der Waals surface area contributed by atoms with Crippen molar-refractivity contribution in [2.24, 2.45) is 11.8 Å². The Morgan fingerprint density at radius 3 is 3.00 bits per heavy atom. The highest BCUT2D eigenvalue weighted by Gasteiger charge is 2.34. The molecule has 1 aromatic carbocycles. The quantitative estimate of drug-likeness (QED) is 0.786. The molecule has 1 saturated carbocycles. The molecule has 0 spiro atoms. The average molecular weight is 341 g/mol. The molecular weight excluding hydrogens is 318 g/mol. The van der Waals surface area contributed by atoms with E-state index in [0.717, 1.165) is 48.8 Å². The summed E-state index contributed by atoms with van der Waals surface area (Å²) in [6, 6.07) is 5.82. The van der Waals surface area contributed by atoms with E-state index in [0.29, 0.717) is 5.92 Å². The van der Waals surface area contributed by atoms with E-state index >= 15 is 0 Å². The summed E-state index contributed by atoms with van der Waals surface area (Å²) in [6.07, 6.45) is 4.85. The first-order valence-electron chi connectivity index (χ1n) is 8.81. The van der Waals surface area contributed by atoms with Crippen LogP contribution in [0, 0.1) is 18.8 Å². The summed E-state index contributed by atoms with van der Waals surface area (Å²) in [5.41, 5.74) is 2.61. The van der Waals surface area contributed by atoms with Gasteiger partial charge in [-0.15, -0.1) is 5.10 Å². The summed E-state index contributed by atoms with van der Waals surface area (Å²) in [6.45, 7) is 4.19. The summed E-state index contributed by atoms with van der Waals surface area (Å²) < 4.78 is 1.59. The molecule has 3 atom stereocenters. The maximum atomic E-state index is 12.4. The zero-order chi connectivity index (χ0) is 17.2. The van der Waals surface area contributed by atoms with E-state index in [1.807, 2.05) is 25.1 Å². The molecule has 2 amide bonds. The van der Waals surface area contributed by atoms with Crippen molar-refractivity contribution in [1.82, 2.24) is 30.8 Å². The maximum Gasteiger partial charge on any atom is 0.319 e. The number of carbonyl (C=O) groups excluding carboxylic acids is 1. The van der Waals surface area contributed by atoms with E-state index in [4.69, 9.17) is 0 Å². The lowest BCUT2D eigenvalue weighted by Crippen LogP contribution is -2.42. The van der Waals surface area contributed by atoms with Crippen LogP contribution in [0.15, 0.2) is 24.5 Å². The van der Waals surface area contributed by atoms with Gasteiger partial charge in [-0.2, -0.15) is 0 Å². The van der Waals surface area contributed by atoms with Gasteiger partial charge in [-0.25, -0.2) is 9.48 Å². The molecule has 1 aliphatic heterocycles. The van der Waals surface area contributed by atoms with Gasteiger partial charge < -0.3 is 16.0 Å². The Labute approximate surface area is 146 Å². The van der Waals surface area contributed by atoms with E-state index < -0.39 is 0 Å². The predicted octanol–water partition coefficient (Wildman–Crippen LogP) is 1.48. The molecule has 2 aliphatic rings. The molecule has 3 unspecified atom stereocenters. The normalized spacial score (nSPS) is 25.4. The SMILES string of the molecule is Cc1ccc(NC(=O)NC2CCC3CNCC3C2)cc1-n1cnnn1. The van der Waals surface area contributed by atoms with Crippen LogP contribution in [0.2, 0.25) is 0 Å². The molecule has 1 aromatic heterocycles. The van der Waals surface area contributed by atoms with Crippen LogP contribution in [0.3, 0.4) is 0 Å². The van der Waals surface area contributed by atoms with E-state index in [-0.39, 0.29) is 12.1 Å². The smallest absolute Gasteiger partial charge is 0.319 e. The van der Waals surface area contributed by atoms with E-state index in [1.54, 1.807) is 11.0 Å². The Hall–Kier alpha value is -2.48. The fourth-order valence-electron chi connectivity index (χ4n) is 3.99. The number of carbonyl (C=O) groups is 1. The Bertz CT molecular complexity index is 745. The van der Waals surface area contributed by atoms with Gasteiger partial charge in [-0.3, -0.25) is 0 Å². The zero-order valence-electron chi connectivity index (χ0n) is 14.3. The standard InChI is InChI=1S/C17H23N7O/c1-11-2-4-15(7-16(11)24-10-19-22-23-24)21-17(25)20-14-5-3-12-8-18-9-13(12)6-14/h2,4,7,10,12-14,18H,3,5-6,8-9H2,1H3,(H2,20,21,25). The highest BCUT2D eigenvalue weighted by Crippen LogP contribution is 2.32. The summed E-state index contributed by atoms with van der Waals surface area (Å²) in [4.78, 5) is 12.4. The summed E-state index contributed by atoms with van der Waals surface area (Å²) in [5.74, 6) is 1.49. The van der Waals surface area contributed by atoms with Crippen molar-refractivity contribution in [3.63, 3.8) is 0 Å². The van der Waals surface area contributed by atoms with Crippen LogP contribution >= 0.6 is 0 Å². The number of aryl methyl sites for hydroxylation is 1. The fourth-order valence-corrected chi connectivity index (χ4v) is 3.99. The number of benzene rings is 1. The summed E-state index contributed by atoms with van der Waals surface area (Å²) in [7, 11) is 0. The van der Waals surface area contributed by atoms with Crippen molar-refractivity contribution in [1.29, 1.82) is 0 Å². The second kappa shape index (κ2) is 6.79. The van der Waals surface area contributed by atoms with Crippen LogP contribution < -0.4 is 16.0 Å². The third-order valence-corrected chi connectivity index (χ3v) is 5.35. The molecule has 4 rings (SSSR count). The number of aromatic nitrogens is 4. The number of hydrogen-bond donors (Lipinski definition) is 3. The number of nitrogens with zero attached hydrogens (tertiary/aromatic N) is 4. The van der Waals surface area contributed by atoms with Gasteiger partial charge in [0.15, 0.2) is 0 Å². The molecule has 1 aliphatic carbocycles. The zero-order valence-corrected chi connectivity index (χ0v) is 14.3. The highest BCUT2D eigenvalue weighted by molar-refractivity contribution is 5.89. The monoisotopic (exact) mass is 341 g/mol. The topological polar surface area (TPSA) is 96.8 Å². The molecule has 2 heterocycles. The number of rotatable bonds is 3. The van der Waals surface area contributed by atoms with Crippen LogP contribution in [-0.4, -0.2) is 45.4 Å². The first-order valence-corrected chi connectivity index (χ1v) is 8.81. The van der Waals surface area contributed by atoms with Crippen LogP contribution in [-0.2, 0) is 0 Å². The molecule has 8 heteroatoms. The third-order valence-electron chi connectivity index (χ3n) is 5.35. The largest absolute Gasteiger partial charge is 0.335 e. The van der Waals surface area contributed by atoms with Crippen molar-refractivity contribution in [3.05, 3.63) is 30.1 Å². The fraction of sp³-hybridized carbons (Fsp3) is 0.529. The molecule has 132 valence electrons. The number of tetrazole rings is 1. The van der Waals surface area contributed by atoms with Crippen molar-refractivity contribution in [2.75, 3.05) is 18.4 Å². The lowest BCUT2D eigenvalue weighted by Gasteiger charge is -2.31. The average Bonchev–Trinajstić information content (AvgIpc) is 3.27. The van der Waals surface area contributed by atoms with Crippen LogP contribution in [0.5, 0.6) is 0 Å². The Kier molecular flexibility index (Phi) is 4.35. The van der Waals surface area contributed by atoms with Crippen molar-refractivity contribution in [3.8, 4) is 5.69 Å². The molecule has 0 radical (unpaired) electrons. The van der Waals surface area contributed by atoms with Gasteiger partial charge in [0.2, 0.25) is 0 Å². The van der Waals surface area contributed by atoms with Gasteiger partial charge in [0.05, 0.1) is 5.69 Å².